The number of nitrogens with one attached hydrogen (secondary N) is 2. The molecule has 1 aliphatic heterocycles. The maximum Gasteiger partial charge on any atom is 0.326 e. The highest BCUT2D eigenvalue weighted by molar-refractivity contribution is 5.82. The molecule has 2 atom stereocenters. The van der Waals surface area contributed by atoms with Gasteiger partial charge in [0.1, 0.15) is 6.04 Å². The van der Waals surface area contributed by atoms with Gasteiger partial charge < -0.3 is 20.5 Å². The van der Waals surface area contributed by atoms with Crippen LogP contribution in [-0.4, -0.2) is 42.9 Å². The fraction of sp³-hybridized carbons (Fsp3) is 0.846. The van der Waals surface area contributed by atoms with Crippen LogP contribution in [0.15, 0.2) is 0 Å². The van der Waals surface area contributed by atoms with Crippen molar-refractivity contribution in [1.82, 2.24) is 10.6 Å². The Hall–Kier alpha value is -1.30. The molecule has 1 heterocycles. The number of unbranched alkanes of at least 4 members (excludes halogenated alkanes) is 1. The molecule has 0 bridgehead atoms. The molecule has 0 aliphatic carbocycles. The van der Waals surface area contributed by atoms with Gasteiger partial charge in [-0.15, -0.1) is 0 Å². The van der Waals surface area contributed by atoms with E-state index >= 15 is 0 Å². The molecule has 0 radical (unpaired) electrons. The summed E-state index contributed by atoms with van der Waals surface area (Å²) in [6, 6.07) is -1.21. The number of hydrogen-bond donors (Lipinski definition) is 3. The summed E-state index contributed by atoms with van der Waals surface area (Å²) in [5.41, 5.74) is 0. The minimum atomic E-state index is -0.982. The molecule has 1 saturated heterocycles. The third-order valence-corrected chi connectivity index (χ3v) is 3.26. The maximum absolute atomic E-state index is 11.6. The zero-order chi connectivity index (χ0) is 14.1. The summed E-state index contributed by atoms with van der Waals surface area (Å²) in [4.78, 5) is 22.6. The number of carboxylic acids is 1. The summed E-state index contributed by atoms with van der Waals surface area (Å²) < 4.78 is 5.32. The lowest BCUT2D eigenvalue weighted by Crippen LogP contribution is -2.47. The van der Waals surface area contributed by atoms with Gasteiger partial charge in [0.05, 0.1) is 6.61 Å². The van der Waals surface area contributed by atoms with E-state index in [0.717, 1.165) is 32.3 Å². The van der Waals surface area contributed by atoms with Crippen LogP contribution in [0.2, 0.25) is 0 Å². The number of urea groups is 1. The van der Waals surface area contributed by atoms with Crippen molar-refractivity contribution in [1.29, 1.82) is 0 Å². The van der Waals surface area contributed by atoms with Gasteiger partial charge in [0, 0.05) is 13.2 Å². The average Bonchev–Trinajstić information content (AvgIpc) is 2.42. The van der Waals surface area contributed by atoms with Crippen molar-refractivity contribution in [2.75, 3.05) is 19.8 Å². The zero-order valence-electron chi connectivity index (χ0n) is 11.5. The van der Waals surface area contributed by atoms with Crippen molar-refractivity contribution in [3.63, 3.8) is 0 Å². The zero-order valence-corrected chi connectivity index (χ0v) is 11.5. The third kappa shape index (κ3) is 6.42. The molecule has 2 unspecified atom stereocenters. The average molecular weight is 272 g/mol. The molecule has 1 fully saturated rings. The lowest BCUT2D eigenvalue weighted by molar-refractivity contribution is -0.139. The Balaban J connectivity index is 2.25. The van der Waals surface area contributed by atoms with Crippen molar-refractivity contribution < 1.29 is 19.4 Å². The molecule has 0 aromatic heterocycles. The Morgan fingerprint density at radius 2 is 2.26 bits per heavy atom. The fourth-order valence-corrected chi connectivity index (χ4v) is 2.08. The van der Waals surface area contributed by atoms with Gasteiger partial charge in [0.25, 0.3) is 0 Å². The standard InChI is InChI=1S/C13H24N2O4/c1-2-3-6-11(12(16)17)15-13(18)14-8-10-5-4-7-19-9-10/h10-11H,2-9H2,1H3,(H,16,17)(H2,14,15,18). The van der Waals surface area contributed by atoms with Crippen LogP contribution in [0.4, 0.5) is 4.79 Å². The Morgan fingerprint density at radius 3 is 2.84 bits per heavy atom. The largest absolute Gasteiger partial charge is 0.480 e. The molecule has 6 heteroatoms. The fourth-order valence-electron chi connectivity index (χ4n) is 2.08. The van der Waals surface area contributed by atoms with Crippen LogP contribution in [0.5, 0.6) is 0 Å². The van der Waals surface area contributed by atoms with E-state index in [4.69, 9.17) is 9.84 Å². The lowest BCUT2D eigenvalue weighted by Gasteiger charge is -2.22. The number of hydrogen-bond acceptors (Lipinski definition) is 3. The smallest absolute Gasteiger partial charge is 0.326 e. The number of carboxylic acid groups (broad SMARTS) is 1. The molecule has 110 valence electrons. The molecule has 2 amide bonds. The predicted octanol–water partition coefficient (Wildman–Crippen LogP) is 1.36. The van der Waals surface area contributed by atoms with Crippen LogP contribution >= 0.6 is 0 Å². The number of aliphatic carboxylic acids is 1. The summed E-state index contributed by atoms with van der Waals surface area (Å²) in [6.07, 6.45) is 4.21. The van der Waals surface area contributed by atoms with Crippen LogP contribution in [0.25, 0.3) is 0 Å². The molecular weight excluding hydrogens is 248 g/mol. The monoisotopic (exact) mass is 272 g/mol. The van der Waals surface area contributed by atoms with Gasteiger partial charge in [-0.25, -0.2) is 9.59 Å². The van der Waals surface area contributed by atoms with E-state index in [1.165, 1.54) is 0 Å². The first-order valence-corrected chi connectivity index (χ1v) is 6.98. The molecular formula is C13H24N2O4. The Bertz CT molecular complexity index is 290. The van der Waals surface area contributed by atoms with Crippen molar-refractivity contribution in [2.45, 2.75) is 45.1 Å². The highest BCUT2D eigenvalue weighted by Gasteiger charge is 2.20. The second-order valence-corrected chi connectivity index (χ2v) is 4.97. The van der Waals surface area contributed by atoms with E-state index in [1.807, 2.05) is 6.92 Å². The van der Waals surface area contributed by atoms with Crippen molar-refractivity contribution >= 4 is 12.0 Å². The van der Waals surface area contributed by atoms with E-state index in [9.17, 15) is 9.59 Å². The van der Waals surface area contributed by atoms with Crippen LogP contribution < -0.4 is 10.6 Å². The topological polar surface area (TPSA) is 87.7 Å². The maximum atomic E-state index is 11.6. The minimum Gasteiger partial charge on any atom is -0.480 e. The van der Waals surface area contributed by atoms with Gasteiger partial charge in [-0.3, -0.25) is 0 Å². The molecule has 6 nitrogen and oxygen atoms in total. The first-order valence-electron chi connectivity index (χ1n) is 6.98. The van der Waals surface area contributed by atoms with Gasteiger partial charge in [-0.05, 0) is 25.2 Å². The molecule has 0 saturated carbocycles. The first kappa shape index (κ1) is 15.8. The van der Waals surface area contributed by atoms with Gasteiger partial charge in [-0.2, -0.15) is 0 Å². The van der Waals surface area contributed by atoms with E-state index in [2.05, 4.69) is 10.6 Å². The van der Waals surface area contributed by atoms with Crippen LogP contribution in [0.1, 0.15) is 39.0 Å². The SMILES string of the molecule is CCCCC(NC(=O)NCC1CCCOC1)C(=O)O. The Labute approximate surface area is 113 Å². The van der Waals surface area contributed by atoms with Crippen LogP contribution in [-0.2, 0) is 9.53 Å². The highest BCUT2D eigenvalue weighted by atomic mass is 16.5. The van der Waals surface area contributed by atoms with Crippen LogP contribution in [0.3, 0.4) is 0 Å². The van der Waals surface area contributed by atoms with Crippen molar-refractivity contribution in [2.24, 2.45) is 5.92 Å². The summed E-state index contributed by atoms with van der Waals surface area (Å²) >= 11 is 0. The summed E-state index contributed by atoms with van der Waals surface area (Å²) in [5, 5.41) is 14.2. The predicted molar refractivity (Wildman–Crippen MR) is 71.0 cm³/mol. The first-order chi connectivity index (χ1) is 9.13. The van der Waals surface area contributed by atoms with Crippen LogP contribution in [0, 0.1) is 5.92 Å². The molecule has 1 rings (SSSR count). The Morgan fingerprint density at radius 1 is 1.47 bits per heavy atom. The Kier molecular flexibility index (Phi) is 7.25. The molecule has 3 N–H and O–H groups in total. The number of rotatable bonds is 7. The number of carbonyl (C=O) groups is 2. The second-order valence-electron chi connectivity index (χ2n) is 4.97. The van der Waals surface area contributed by atoms with E-state index in [0.29, 0.717) is 25.5 Å². The van der Waals surface area contributed by atoms with Gasteiger partial charge in [0.15, 0.2) is 0 Å². The molecule has 19 heavy (non-hydrogen) atoms. The molecule has 0 aromatic rings. The molecule has 0 aromatic carbocycles. The van der Waals surface area contributed by atoms with Gasteiger partial charge in [-0.1, -0.05) is 19.8 Å². The lowest BCUT2D eigenvalue weighted by atomic mass is 10.0. The van der Waals surface area contributed by atoms with Gasteiger partial charge in [0.2, 0.25) is 0 Å². The summed E-state index contributed by atoms with van der Waals surface area (Å²) in [5.74, 6) is -0.650. The van der Waals surface area contributed by atoms with E-state index in [-0.39, 0.29) is 0 Å². The quantitative estimate of drug-likeness (QED) is 0.653. The normalized spacial score (nSPS) is 20.6. The molecule has 0 spiro atoms. The number of carbonyl (C=O) groups excluding carboxylic acids is 1. The molecule has 1 aliphatic rings. The minimum absolute atomic E-state index is 0.332. The van der Waals surface area contributed by atoms with E-state index in [1.54, 1.807) is 0 Å². The van der Waals surface area contributed by atoms with E-state index < -0.39 is 18.0 Å². The van der Waals surface area contributed by atoms with Gasteiger partial charge >= 0.3 is 12.0 Å². The summed E-state index contributed by atoms with van der Waals surface area (Å²) in [7, 11) is 0. The number of amides is 2. The summed E-state index contributed by atoms with van der Waals surface area (Å²) in [6.45, 7) is 3.98. The second kappa shape index (κ2) is 8.74. The number of ether oxygens (including phenoxy) is 1. The van der Waals surface area contributed by atoms with Crippen molar-refractivity contribution in [3.05, 3.63) is 0 Å². The highest BCUT2D eigenvalue weighted by Crippen LogP contribution is 2.12. The third-order valence-electron chi connectivity index (χ3n) is 3.26. The van der Waals surface area contributed by atoms with Crippen molar-refractivity contribution in [3.8, 4) is 0 Å².